The molecule has 0 spiro atoms. The largest absolute Gasteiger partial charge is 0.309 e. The molecule has 132 valence electrons. The van der Waals surface area contributed by atoms with Crippen molar-refractivity contribution in [2.45, 2.75) is 37.8 Å². The van der Waals surface area contributed by atoms with Gasteiger partial charge in [-0.05, 0) is 97.4 Å². The van der Waals surface area contributed by atoms with Gasteiger partial charge in [0.2, 0.25) is 0 Å². The summed E-state index contributed by atoms with van der Waals surface area (Å²) in [7, 11) is 4.34. The normalized spacial score (nSPS) is 27.0. The third kappa shape index (κ3) is 2.22. The SMILES string of the molecule is CCC12c3ccccc3C(C)(c3cc(I)ccc31)N2CCCN(C)C. The number of nitrogens with zero attached hydrogens (tertiary/aromatic N) is 2. The summed E-state index contributed by atoms with van der Waals surface area (Å²) in [6, 6.07) is 16.2. The highest BCUT2D eigenvalue weighted by molar-refractivity contribution is 14.1. The third-order valence-electron chi connectivity index (χ3n) is 6.35. The molecule has 2 atom stereocenters. The maximum absolute atomic E-state index is 2.80. The van der Waals surface area contributed by atoms with Crippen molar-refractivity contribution in [3.8, 4) is 0 Å². The highest BCUT2D eigenvalue weighted by Crippen LogP contribution is 2.64. The zero-order valence-electron chi connectivity index (χ0n) is 15.6. The first-order valence-corrected chi connectivity index (χ1v) is 10.4. The van der Waals surface area contributed by atoms with Crippen molar-refractivity contribution in [3.63, 3.8) is 0 Å². The molecule has 0 fully saturated rings. The Labute approximate surface area is 165 Å². The van der Waals surface area contributed by atoms with Gasteiger partial charge in [-0.2, -0.15) is 0 Å². The van der Waals surface area contributed by atoms with Gasteiger partial charge in [-0.3, -0.25) is 4.90 Å². The fourth-order valence-electron chi connectivity index (χ4n) is 5.33. The molecule has 2 aromatic carbocycles. The van der Waals surface area contributed by atoms with Crippen LogP contribution in [0.3, 0.4) is 0 Å². The lowest BCUT2D eigenvalue weighted by atomic mass is 9.72. The van der Waals surface area contributed by atoms with Gasteiger partial charge in [0.25, 0.3) is 0 Å². The van der Waals surface area contributed by atoms with Crippen molar-refractivity contribution in [1.82, 2.24) is 9.80 Å². The van der Waals surface area contributed by atoms with Crippen LogP contribution in [-0.2, 0) is 11.1 Å². The van der Waals surface area contributed by atoms with E-state index in [2.05, 4.69) is 103 Å². The predicted molar refractivity (Wildman–Crippen MR) is 113 cm³/mol. The van der Waals surface area contributed by atoms with Crippen LogP contribution in [0.5, 0.6) is 0 Å². The molecule has 2 aromatic rings. The number of halogens is 1. The topological polar surface area (TPSA) is 6.48 Å². The van der Waals surface area contributed by atoms with Crippen LogP contribution in [0.4, 0.5) is 0 Å². The van der Waals surface area contributed by atoms with Gasteiger partial charge in [0.15, 0.2) is 0 Å². The summed E-state index contributed by atoms with van der Waals surface area (Å²) in [6.07, 6.45) is 2.32. The molecule has 2 aliphatic heterocycles. The van der Waals surface area contributed by atoms with Crippen LogP contribution in [0.2, 0.25) is 0 Å². The van der Waals surface area contributed by atoms with E-state index in [1.54, 1.807) is 0 Å². The molecule has 0 amide bonds. The van der Waals surface area contributed by atoms with Crippen molar-refractivity contribution < 1.29 is 0 Å². The number of hydrogen-bond donors (Lipinski definition) is 0. The molecule has 4 rings (SSSR count). The Kier molecular flexibility index (Phi) is 4.25. The average Bonchev–Trinajstić information content (AvgIpc) is 2.94. The summed E-state index contributed by atoms with van der Waals surface area (Å²) >= 11 is 2.46. The monoisotopic (exact) mass is 446 g/mol. The number of benzene rings is 2. The molecule has 0 saturated heterocycles. The van der Waals surface area contributed by atoms with Gasteiger partial charge in [0.05, 0.1) is 11.1 Å². The van der Waals surface area contributed by atoms with Crippen molar-refractivity contribution in [1.29, 1.82) is 0 Å². The van der Waals surface area contributed by atoms with Crippen molar-refractivity contribution in [2.24, 2.45) is 0 Å². The summed E-state index contributed by atoms with van der Waals surface area (Å²) in [5.41, 5.74) is 6.12. The quantitative estimate of drug-likeness (QED) is 0.610. The van der Waals surface area contributed by atoms with Gasteiger partial charge in [-0.1, -0.05) is 37.3 Å². The number of fused-ring (bicyclic) bond motifs is 8. The Bertz CT molecular complexity index is 815. The van der Waals surface area contributed by atoms with Crippen LogP contribution in [0.1, 0.15) is 48.9 Å². The van der Waals surface area contributed by atoms with Gasteiger partial charge in [0, 0.05) is 10.1 Å². The second kappa shape index (κ2) is 6.07. The molecular formula is C22H27IN2. The lowest BCUT2D eigenvalue weighted by Gasteiger charge is -2.39. The summed E-state index contributed by atoms with van der Waals surface area (Å²) in [6.45, 7) is 7.06. The van der Waals surface area contributed by atoms with E-state index in [1.807, 2.05) is 0 Å². The Balaban J connectivity index is 1.90. The van der Waals surface area contributed by atoms with Gasteiger partial charge < -0.3 is 4.90 Å². The molecule has 2 aliphatic rings. The first-order valence-electron chi connectivity index (χ1n) is 9.29. The minimum atomic E-state index is -0.00453. The molecule has 2 unspecified atom stereocenters. The molecule has 0 saturated carbocycles. The van der Waals surface area contributed by atoms with Crippen LogP contribution >= 0.6 is 22.6 Å². The van der Waals surface area contributed by atoms with Gasteiger partial charge in [0.1, 0.15) is 0 Å². The molecule has 0 aliphatic carbocycles. The highest BCUT2D eigenvalue weighted by atomic mass is 127. The summed E-state index contributed by atoms with van der Waals surface area (Å²) in [5, 5.41) is 0. The Morgan fingerprint density at radius 2 is 1.68 bits per heavy atom. The first-order chi connectivity index (χ1) is 12.0. The van der Waals surface area contributed by atoms with Crippen molar-refractivity contribution >= 4 is 22.6 Å². The summed E-state index contributed by atoms with van der Waals surface area (Å²) in [4.78, 5) is 5.09. The lowest BCUT2D eigenvalue weighted by molar-refractivity contribution is 0.0784. The fraction of sp³-hybridized carbons (Fsp3) is 0.455. The minimum absolute atomic E-state index is 0.00453. The number of hydrogen-bond acceptors (Lipinski definition) is 2. The lowest BCUT2D eigenvalue weighted by Crippen LogP contribution is -2.45. The highest BCUT2D eigenvalue weighted by Gasteiger charge is 2.63. The van der Waals surface area contributed by atoms with Crippen LogP contribution in [0.25, 0.3) is 0 Å². The van der Waals surface area contributed by atoms with E-state index < -0.39 is 0 Å². The molecule has 3 heteroatoms. The second-order valence-electron chi connectivity index (χ2n) is 7.83. The maximum Gasteiger partial charge on any atom is 0.0729 e. The van der Waals surface area contributed by atoms with Crippen molar-refractivity contribution in [2.75, 3.05) is 27.2 Å². The number of rotatable bonds is 5. The van der Waals surface area contributed by atoms with Gasteiger partial charge in [-0.25, -0.2) is 0 Å². The van der Waals surface area contributed by atoms with E-state index >= 15 is 0 Å². The summed E-state index contributed by atoms with van der Waals surface area (Å²) in [5.74, 6) is 0. The van der Waals surface area contributed by atoms with Crippen LogP contribution < -0.4 is 0 Å². The van der Waals surface area contributed by atoms with Crippen LogP contribution in [0.15, 0.2) is 42.5 Å². The zero-order chi connectivity index (χ0) is 17.8. The van der Waals surface area contributed by atoms with Gasteiger partial charge in [-0.15, -0.1) is 0 Å². The molecule has 0 radical (unpaired) electrons. The molecular weight excluding hydrogens is 419 g/mol. The van der Waals surface area contributed by atoms with Crippen molar-refractivity contribution in [3.05, 3.63) is 68.3 Å². The maximum atomic E-state index is 2.80. The van der Waals surface area contributed by atoms with E-state index in [1.165, 1.54) is 32.2 Å². The smallest absolute Gasteiger partial charge is 0.0729 e. The standard InChI is InChI=1S/C22H27IN2/c1-5-22-18-10-7-6-9-17(18)21(2,25(22)14-8-13-24(3)4)20-15-16(23)11-12-19(20)22/h6-7,9-12,15H,5,8,13-14H2,1-4H3. The molecule has 2 heterocycles. The van der Waals surface area contributed by atoms with Crippen LogP contribution in [-0.4, -0.2) is 37.0 Å². The van der Waals surface area contributed by atoms with E-state index in [4.69, 9.17) is 0 Å². The molecule has 25 heavy (non-hydrogen) atoms. The average molecular weight is 446 g/mol. The fourth-order valence-corrected chi connectivity index (χ4v) is 5.82. The van der Waals surface area contributed by atoms with E-state index in [-0.39, 0.29) is 11.1 Å². The Morgan fingerprint density at radius 3 is 2.36 bits per heavy atom. The Morgan fingerprint density at radius 1 is 1.00 bits per heavy atom. The summed E-state index contributed by atoms with van der Waals surface area (Å²) < 4.78 is 1.34. The zero-order valence-corrected chi connectivity index (χ0v) is 17.8. The first kappa shape index (κ1) is 17.5. The van der Waals surface area contributed by atoms with Gasteiger partial charge >= 0.3 is 0 Å². The molecule has 0 aromatic heterocycles. The van der Waals surface area contributed by atoms with E-state index in [9.17, 15) is 0 Å². The third-order valence-corrected chi connectivity index (χ3v) is 7.02. The molecule has 2 bridgehead atoms. The predicted octanol–water partition coefficient (Wildman–Crippen LogP) is 4.79. The van der Waals surface area contributed by atoms with E-state index in [0.29, 0.717) is 0 Å². The molecule has 0 N–H and O–H groups in total. The van der Waals surface area contributed by atoms with E-state index in [0.717, 1.165) is 19.5 Å². The second-order valence-corrected chi connectivity index (χ2v) is 9.08. The Hall–Kier alpha value is -0.910. The molecule has 2 nitrogen and oxygen atoms in total. The van der Waals surface area contributed by atoms with Crippen LogP contribution in [0, 0.1) is 3.57 Å². The minimum Gasteiger partial charge on any atom is -0.309 e.